The highest BCUT2D eigenvalue weighted by Gasteiger charge is 2.32. The van der Waals surface area contributed by atoms with Crippen LogP contribution in [0.15, 0.2) is 23.4 Å². The quantitative estimate of drug-likeness (QED) is 0.857. The lowest BCUT2D eigenvalue weighted by Crippen LogP contribution is -2.49. The van der Waals surface area contributed by atoms with Gasteiger partial charge in [-0.2, -0.15) is 0 Å². The van der Waals surface area contributed by atoms with Gasteiger partial charge in [0, 0.05) is 17.1 Å². The summed E-state index contributed by atoms with van der Waals surface area (Å²) in [5.41, 5.74) is -0.898. The molecule has 1 atom stereocenters. The van der Waals surface area contributed by atoms with Crippen LogP contribution < -0.4 is 4.72 Å². The normalized spacial score (nSPS) is 14.6. The summed E-state index contributed by atoms with van der Waals surface area (Å²) in [5.74, 6) is -0.891. The monoisotopic (exact) mass is 280 g/mol. The van der Waals surface area contributed by atoms with Crippen molar-refractivity contribution in [2.75, 3.05) is 0 Å². The molecule has 0 amide bonds. The molecule has 17 heavy (non-hydrogen) atoms. The van der Waals surface area contributed by atoms with E-state index in [9.17, 15) is 12.8 Å². The highest BCUT2D eigenvalue weighted by atomic mass is 35.5. The van der Waals surface area contributed by atoms with Crippen molar-refractivity contribution < 1.29 is 12.8 Å². The van der Waals surface area contributed by atoms with Crippen LogP contribution >= 0.6 is 11.6 Å². The minimum absolute atomic E-state index is 0.455. The van der Waals surface area contributed by atoms with Crippen molar-refractivity contribution in [2.45, 2.75) is 36.7 Å². The van der Waals surface area contributed by atoms with Gasteiger partial charge in [-0.15, -0.1) is 11.6 Å². The van der Waals surface area contributed by atoms with Crippen molar-refractivity contribution >= 4 is 21.6 Å². The Morgan fingerprint density at radius 2 is 2.12 bits per heavy atom. The maximum absolute atomic E-state index is 13.3. The fourth-order valence-corrected chi connectivity index (χ4v) is 2.65. The van der Waals surface area contributed by atoms with Crippen molar-refractivity contribution in [3.8, 4) is 0 Å². The molecule has 1 N–H and O–H groups in total. The van der Waals surface area contributed by atoms with Crippen LogP contribution in [-0.2, 0) is 10.0 Å². The molecular formula is C10H14ClFN2O2S. The molecule has 0 aromatic carbocycles. The molecule has 1 aromatic heterocycles. The van der Waals surface area contributed by atoms with E-state index in [2.05, 4.69) is 9.71 Å². The molecule has 0 saturated carbocycles. The van der Waals surface area contributed by atoms with Crippen LogP contribution in [-0.4, -0.2) is 24.3 Å². The number of hydrogen-bond donors (Lipinski definition) is 1. The molecule has 0 aliphatic rings. The molecule has 0 aliphatic carbocycles. The molecule has 1 unspecified atom stereocenters. The number of rotatable bonds is 4. The zero-order valence-electron chi connectivity index (χ0n) is 9.74. The molecule has 0 radical (unpaired) electrons. The van der Waals surface area contributed by atoms with E-state index in [1.165, 1.54) is 12.3 Å². The zero-order valence-corrected chi connectivity index (χ0v) is 11.3. The molecule has 7 heteroatoms. The van der Waals surface area contributed by atoms with Gasteiger partial charge in [-0.25, -0.2) is 22.5 Å². The Morgan fingerprint density at radius 1 is 1.53 bits per heavy atom. The van der Waals surface area contributed by atoms with Crippen LogP contribution in [0.25, 0.3) is 0 Å². The molecule has 0 bridgehead atoms. The van der Waals surface area contributed by atoms with Gasteiger partial charge in [0.15, 0.2) is 5.82 Å². The number of nitrogens with one attached hydrogen (secondary N) is 1. The fourth-order valence-electron chi connectivity index (χ4n) is 1.04. The van der Waals surface area contributed by atoms with E-state index in [0.717, 1.165) is 6.07 Å². The second-order valence-electron chi connectivity index (χ2n) is 4.23. The lowest BCUT2D eigenvalue weighted by molar-refractivity contribution is 0.441. The third kappa shape index (κ3) is 3.37. The molecule has 4 nitrogen and oxygen atoms in total. The Morgan fingerprint density at radius 3 is 2.59 bits per heavy atom. The number of alkyl halides is 1. The molecule has 1 aromatic rings. The van der Waals surface area contributed by atoms with Crippen LogP contribution in [0.5, 0.6) is 0 Å². The third-order valence-corrected chi connectivity index (χ3v) is 4.52. The summed E-state index contributed by atoms with van der Waals surface area (Å²) in [5, 5.41) is -1.07. The van der Waals surface area contributed by atoms with E-state index in [-0.39, 0.29) is 0 Å². The second-order valence-corrected chi connectivity index (χ2v) is 6.49. The second kappa shape index (κ2) is 4.88. The summed E-state index contributed by atoms with van der Waals surface area (Å²) in [4.78, 5) is 3.52. The van der Waals surface area contributed by atoms with E-state index >= 15 is 0 Å². The predicted molar refractivity (Wildman–Crippen MR) is 63.9 cm³/mol. The first-order valence-electron chi connectivity index (χ1n) is 4.95. The van der Waals surface area contributed by atoms with Gasteiger partial charge in [-0.05, 0) is 32.9 Å². The van der Waals surface area contributed by atoms with Gasteiger partial charge < -0.3 is 0 Å². The Bertz CT molecular complexity index is 503. The van der Waals surface area contributed by atoms with Crippen LogP contribution in [0.4, 0.5) is 4.39 Å². The average molecular weight is 281 g/mol. The summed E-state index contributed by atoms with van der Waals surface area (Å²) < 4.78 is 39.5. The molecular weight excluding hydrogens is 267 g/mol. The number of pyridine rings is 1. The molecule has 1 rings (SSSR count). The van der Waals surface area contributed by atoms with Crippen molar-refractivity contribution in [2.24, 2.45) is 0 Å². The Balaban J connectivity index is 3.11. The highest BCUT2D eigenvalue weighted by Crippen LogP contribution is 2.19. The number of hydrogen-bond acceptors (Lipinski definition) is 3. The van der Waals surface area contributed by atoms with E-state index in [4.69, 9.17) is 11.6 Å². The van der Waals surface area contributed by atoms with E-state index < -0.39 is 31.8 Å². The fraction of sp³-hybridized carbons (Fsp3) is 0.500. The van der Waals surface area contributed by atoms with Gasteiger partial charge in [0.25, 0.3) is 10.0 Å². The average Bonchev–Trinajstić information content (AvgIpc) is 2.16. The van der Waals surface area contributed by atoms with E-state index in [1.54, 1.807) is 20.8 Å². The zero-order chi connectivity index (χ0) is 13.3. The SMILES string of the molecule is CC(Cl)C(C)(C)NS(=O)(=O)c1ncccc1F. The topological polar surface area (TPSA) is 59.1 Å². The predicted octanol–water partition coefficient (Wildman–Crippen LogP) is 1.90. The first-order chi connectivity index (χ1) is 7.67. The van der Waals surface area contributed by atoms with Crippen molar-refractivity contribution in [3.05, 3.63) is 24.1 Å². The molecule has 0 saturated heterocycles. The van der Waals surface area contributed by atoms with Crippen molar-refractivity contribution in [3.63, 3.8) is 0 Å². The van der Waals surface area contributed by atoms with Crippen molar-refractivity contribution in [1.82, 2.24) is 9.71 Å². The molecule has 0 spiro atoms. The molecule has 1 heterocycles. The lowest BCUT2D eigenvalue weighted by Gasteiger charge is -2.28. The highest BCUT2D eigenvalue weighted by molar-refractivity contribution is 7.89. The van der Waals surface area contributed by atoms with Gasteiger partial charge >= 0.3 is 0 Å². The van der Waals surface area contributed by atoms with E-state index in [0.29, 0.717) is 0 Å². The van der Waals surface area contributed by atoms with Gasteiger partial charge in [0.2, 0.25) is 5.03 Å². The summed E-state index contributed by atoms with van der Waals surface area (Å²) in [6.07, 6.45) is 1.22. The standard InChI is InChI=1S/C10H14ClFN2O2S/c1-7(11)10(2,3)14-17(15,16)9-8(12)5-4-6-13-9/h4-7,14H,1-3H3. The summed E-state index contributed by atoms with van der Waals surface area (Å²) >= 11 is 5.86. The minimum Gasteiger partial charge on any atom is -0.241 e. The van der Waals surface area contributed by atoms with Crippen molar-refractivity contribution in [1.29, 1.82) is 0 Å². The minimum atomic E-state index is -4.01. The number of aromatic nitrogens is 1. The molecule has 0 fully saturated rings. The summed E-state index contributed by atoms with van der Waals surface area (Å²) in [6.45, 7) is 4.88. The van der Waals surface area contributed by atoms with Crippen LogP contribution in [0.2, 0.25) is 0 Å². The molecule has 0 aliphatic heterocycles. The Labute approximate surface area is 105 Å². The van der Waals surface area contributed by atoms with Gasteiger partial charge in [-0.3, -0.25) is 0 Å². The smallest absolute Gasteiger partial charge is 0.241 e. The number of halogens is 2. The maximum Gasteiger partial charge on any atom is 0.261 e. The van der Waals surface area contributed by atoms with Crippen LogP contribution in [0.3, 0.4) is 0 Å². The number of nitrogens with zero attached hydrogens (tertiary/aromatic N) is 1. The van der Waals surface area contributed by atoms with E-state index in [1.807, 2.05) is 0 Å². The van der Waals surface area contributed by atoms with Gasteiger partial charge in [0.05, 0.1) is 0 Å². The lowest BCUT2D eigenvalue weighted by atomic mass is 10.0. The first-order valence-corrected chi connectivity index (χ1v) is 6.87. The van der Waals surface area contributed by atoms with Crippen LogP contribution in [0, 0.1) is 5.82 Å². The Kier molecular flexibility index (Phi) is 4.11. The van der Waals surface area contributed by atoms with Crippen LogP contribution in [0.1, 0.15) is 20.8 Å². The first kappa shape index (κ1) is 14.3. The largest absolute Gasteiger partial charge is 0.261 e. The maximum atomic E-state index is 13.3. The van der Waals surface area contributed by atoms with Gasteiger partial charge in [-0.1, -0.05) is 0 Å². The Hall–Kier alpha value is -0.720. The third-order valence-electron chi connectivity index (χ3n) is 2.37. The summed E-state index contributed by atoms with van der Waals surface area (Å²) in [6, 6.07) is 2.36. The molecule has 96 valence electrons. The number of sulfonamides is 1. The summed E-state index contributed by atoms with van der Waals surface area (Å²) in [7, 11) is -4.01. The van der Waals surface area contributed by atoms with Gasteiger partial charge in [0.1, 0.15) is 0 Å².